The molecular weight excluding hydrogens is 426 g/mol. The molecule has 1 aromatic carbocycles. The van der Waals surface area contributed by atoms with Crippen LogP contribution in [0.15, 0.2) is 23.1 Å². The summed E-state index contributed by atoms with van der Waals surface area (Å²) in [5.74, 6) is -0.286. The number of carbonyl (C=O) groups is 1. The summed E-state index contributed by atoms with van der Waals surface area (Å²) in [5, 5.41) is 18.2. The highest BCUT2D eigenvalue weighted by atomic mass is 32.2. The van der Waals surface area contributed by atoms with Crippen molar-refractivity contribution in [3.05, 3.63) is 39.6 Å². The van der Waals surface area contributed by atoms with Crippen molar-refractivity contribution >= 4 is 21.6 Å². The number of benzene rings is 1. The van der Waals surface area contributed by atoms with Gasteiger partial charge in [-0.2, -0.15) is 9.40 Å². The van der Waals surface area contributed by atoms with Gasteiger partial charge in [0.25, 0.3) is 11.6 Å². The van der Waals surface area contributed by atoms with Gasteiger partial charge < -0.3 is 10.1 Å². The first kappa shape index (κ1) is 22.7. The second-order valence-corrected chi connectivity index (χ2v) is 9.54. The van der Waals surface area contributed by atoms with Gasteiger partial charge in [-0.05, 0) is 39.7 Å². The molecule has 1 aliphatic rings. The van der Waals surface area contributed by atoms with Gasteiger partial charge in [-0.1, -0.05) is 0 Å². The Hall–Kier alpha value is -2.99. The van der Waals surface area contributed by atoms with Crippen LogP contribution >= 0.6 is 0 Å². The summed E-state index contributed by atoms with van der Waals surface area (Å²) < 4.78 is 34.8. The van der Waals surface area contributed by atoms with Crippen molar-refractivity contribution in [2.75, 3.05) is 13.1 Å². The van der Waals surface area contributed by atoms with E-state index >= 15 is 0 Å². The van der Waals surface area contributed by atoms with E-state index < -0.39 is 14.9 Å². The van der Waals surface area contributed by atoms with Crippen molar-refractivity contribution in [2.24, 2.45) is 7.05 Å². The normalized spacial score (nSPS) is 14.7. The molecule has 0 aliphatic carbocycles. The van der Waals surface area contributed by atoms with E-state index in [2.05, 4.69) is 10.4 Å². The standard InChI is InChI=1S/C19H25N5O6S/c1-12(2)20-18(25)17-13(3)19(22(4)21-17)30-15-8-7-14(24(26)27)11-16(15)31(28,29)23-9-5-6-10-23/h7-8,11-12H,5-6,9-10H2,1-4H3,(H,20,25). The second kappa shape index (κ2) is 8.63. The largest absolute Gasteiger partial charge is 0.438 e. The van der Waals surface area contributed by atoms with Crippen molar-refractivity contribution in [3.63, 3.8) is 0 Å². The van der Waals surface area contributed by atoms with Crippen LogP contribution < -0.4 is 10.1 Å². The molecular formula is C19H25N5O6S. The topological polar surface area (TPSA) is 137 Å². The molecule has 11 nitrogen and oxygen atoms in total. The van der Waals surface area contributed by atoms with E-state index in [0.29, 0.717) is 18.7 Å². The molecule has 0 unspecified atom stereocenters. The van der Waals surface area contributed by atoms with Crippen LogP contribution in [0, 0.1) is 17.0 Å². The van der Waals surface area contributed by atoms with E-state index in [1.165, 1.54) is 21.1 Å². The molecule has 1 aliphatic heterocycles. The Balaban J connectivity index is 2.05. The van der Waals surface area contributed by atoms with Crippen molar-refractivity contribution in [2.45, 2.75) is 44.6 Å². The highest BCUT2D eigenvalue weighted by molar-refractivity contribution is 7.89. The minimum atomic E-state index is -4.00. The molecule has 168 valence electrons. The lowest BCUT2D eigenvalue weighted by Gasteiger charge is -2.18. The molecule has 0 atom stereocenters. The van der Waals surface area contributed by atoms with Gasteiger partial charge in [-0.15, -0.1) is 0 Å². The molecule has 0 bridgehead atoms. The maximum atomic E-state index is 13.2. The third kappa shape index (κ3) is 4.54. The van der Waals surface area contributed by atoms with Crippen LogP contribution in [-0.2, 0) is 17.1 Å². The lowest BCUT2D eigenvalue weighted by molar-refractivity contribution is -0.385. The van der Waals surface area contributed by atoms with Crippen LogP contribution in [0.2, 0.25) is 0 Å². The minimum Gasteiger partial charge on any atom is -0.438 e. The predicted molar refractivity (Wildman–Crippen MR) is 112 cm³/mol. The molecule has 31 heavy (non-hydrogen) atoms. The van der Waals surface area contributed by atoms with Gasteiger partial charge in [-0.25, -0.2) is 13.1 Å². The van der Waals surface area contributed by atoms with E-state index in [-0.39, 0.29) is 39.9 Å². The monoisotopic (exact) mass is 451 g/mol. The van der Waals surface area contributed by atoms with Gasteiger partial charge >= 0.3 is 0 Å². The number of sulfonamides is 1. The summed E-state index contributed by atoms with van der Waals surface area (Å²) >= 11 is 0. The van der Waals surface area contributed by atoms with E-state index in [4.69, 9.17) is 4.74 Å². The van der Waals surface area contributed by atoms with Gasteiger partial charge in [0.15, 0.2) is 5.69 Å². The number of nitro groups is 1. The maximum Gasteiger partial charge on any atom is 0.272 e. The molecule has 0 radical (unpaired) electrons. The maximum absolute atomic E-state index is 13.2. The molecule has 1 amide bonds. The molecule has 2 heterocycles. The number of non-ortho nitro benzene ring substituents is 1. The van der Waals surface area contributed by atoms with Crippen LogP contribution in [0.1, 0.15) is 42.7 Å². The van der Waals surface area contributed by atoms with Gasteiger partial charge in [0.1, 0.15) is 10.6 Å². The quantitative estimate of drug-likeness (QED) is 0.504. The van der Waals surface area contributed by atoms with Crippen LogP contribution in [0.25, 0.3) is 0 Å². The van der Waals surface area contributed by atoms with E-state index in [1.54, 1.807) is 14.0 Å². The number of amides is 1. The highest BCUT2D eigenvalue weighted by Crippen LogP contribution is 2.36. The number of rotatable bonds is 7. The van der Waals surface area contributed by atoms with Gasteiger partial charge in [-0.3, -0.25) is 14.9 Å². The number of aromatic nitrogens is 2. The molecule has 1 N–H and O–H groups in total. The van der Waals surface area contributed by atoms with Crippen LogP contribution in [0.5, 0.6) is 11.6 Å². The lowest BCUT2D eigenvalue weighted by Crippen LogP contribution is -2.30. The molecule has 1 aromatic heterocycles. The molecule has 12 heteroatoms. The van der Waals surface area contributed by atoms with Gasteiger partial charge in [0.2, 0.25) is 15.9 Å². The van der Waals surface area contributed by atoms with E-state index in [0.717, 1.165) is 18.9 Å². The fourth-order valence-corrected chi connectivity index (χ4v) is 5.02. The molecule has 3 rings (SSSR count). The Kier molecular flexibility index (Phi) is 6.32. The average molecular weight is 452 g/mol. The fraction of sp³-hybridized carbons (Fsp3) is 0.474. The Bertz CT molecular complexity index is 1120. The third-order valence-electron chi connectivity index (χ3n) is 4.88. The first-order chi connectivity index (χ1) is 14.5. The first-order valence-corrected chi connectivity index (χ1v) is 11.3. The summed E-state index contributed by atoms with van der Waals surface area (Å²) in [4.78, 5) is 22.7. The summed E-state index contributed by atoms with van der Waals surface area (Å²) in [5.41, 5.74) is 0.212. The number of nitrogens with zero attached hydrogens (tertiary/aromatic N) is 4. The average Bonchev–Trinajstić information content (AvgIpc) is 3.32. The van der Waals surface area contributed by atoms with Crippen molar-refractivity contribution < 1.29 is 22.9 Å². The fourth-order valence-electron chi connectivity index (χ4n) is 3.37. The zero-order chi connectivity index (χ0) is 22.9. The number of hydrogen-bond donors (Lipinski definition) is 1. The molecule has 1 saturated heterocycles. The van der Waals surface area contributed by atoms with Crippen LogP contribution in [0.3, 0.4) is 0 Å². The number of ether oxygens (including phenoxy) is 1. The molecule has 2 aromatic rings. The second-order valence-electron chi connectivity index (χ2n) is 7.63. The summed E-state index contributed by atoms with van der Waals surface area (Å²) in [6.07, 6.45) is 1.44. The zero-order valence-electron chi connectivity index (χ0n) is 17.8. The SMILES string of the molecule is Cc1c(C(=O)NC(C)C)nn(C)c1Oc1ccc([N+](=O)[O-])cc1S(=O)(=O)N1CCCC1. The van der Waals surface area contributed by atoms with Crippen molar-refractivity contribution in [3.8, 4) is 11.6 Å². The van der Waals surface area contributed by atoms with Crippen molar-refractivity contribution in [1.29, 1.82) is 0 Å². The first-order valence-electron chi connectivity index (χ1n) is 9.83. The Morgan fingerprint density at radius 2 is 1.94 bits per heavy atom. The van der Waals surface area contributed by atoms with E-state index in [1.807, 2.05) is 13.8 Å². The number of hydrogen-bond acceptors (Lipinski definition) is 7. The number of nitro benzene ring substituents is 1. The summed E-state index contributed by atoms with van der Waals surface area (Å²) in [6.45, 7) is 5.96. The smallest absolute Gasteiger partial charge is 0.272 e. The zero-order valence-corrected chi connectivity index (χ0v) is 18.6. The number of carbonyl (C=O) groups excluding carboxylic acids is 1. The third-order valence-corrected chi connectivity index (χ3v) is 6.80. The molecule has 0 spiro atoms. The van der Waals surface area contributed by atoms with Crippen LogP contribution in [0.4, 0.5) is 5.69 Å². The van der Waals surface area contributed by atoms with E-state index in [9.17, 15) is 23.3 Å². The Morgan fingerprint density at radius 3 is 2.52 bits per heavy atom. The lowest BCUT2D eigenvalue weighted by atomic mass is 10.2. The van der Waals surface area contributed by atoms with Gasteiger partial charge in [0, 0.05) is 43.9 Å². The number of nitrogens with one attached hydrogen (secondary N) is 1. The minimum absolute atomic E-state index is 0.0700. The van der Waals surface area contributed by atoms with Gasteiger partial charge in [0.05, 0.1) is 4.92 Å². The molecule has 0 saturated carbocycles. The summed E-state index contributed by atoms with van der Waals surface area (Å²) in [7, 11) is -2.44. The Morgan fingerprint density at radius 1 is 1.29 bits per heavy atom. The number of aryl methyl sites for hydroxylation is 1. The Labute approximate surface area is 180 Å². The van der Waals surface area contributed by atoms with Crippen LogP contribution in [-0.4, -0.2) is 52.5 Å². The van der Waals surface area contributed by atoms with Crippen molar-refractivity contribution in [1.82, 2.24) is 19.4 Å². The highest BCUT2D eigenvalue weighted by Gasteiger charge is 2.32. The predicted octanol–water partition coefficient (Wildman–Crippen LogP) is 2.35. The summed E-state index contributed by atoms with van der Waals surface area (Å²) in [6, 6.07) is 3.34. The molecule has 1 fully saturated rings.